The van der Waals surface area contributed by atoms with Crippen LogP contribution in [0.5, 0.6) is 0 Å². The third-order valence-electron chi connectivity index (χ3n) is 4.43. The van der Waals surface area contributed by atoms with Crippen LogP contribution in [-0.2, 0) is 12.8 Å². The molecule has 3 rings (SSSR count). The highest BCUT2D eigenvalue weighted by Gasteiger charge is 2.32. The van der Waals surface area contributed by atoms with Gasteiger partial charge >= 0.3 is 5.95 Å². The number of aromatic nitrogens is 2. The number of rotatable bonds is 1. The normalized spacial score (nSPS) is 22.6. The smallest absolute Gasteiger partial charge is 0.306 e. The fraction of sp³-hybridized carbons (Fsp3) is 0.714. The van der Waals surface area contributed by atoms with Crippen molar-refractivity contribution in [3.05, 3.63) is 17.0 Å². The number of piperazine rings is 1. The SMILES string of the molecule is Cc1nc([N+]2(C)CCNCC2)nc2c1CCCC2. The summed E-state index contributed by atoms with van der Waals surface area (Å²) in [6.07, 6.45) is 4.90. The van der Waals surface area contributed by atoms with E-state index in [1.165, 1.54) is 36.2 Å². The Bertz CT molecular complexity index is 449. The van der Waals surface area contributed by atoms with Gasteiger partial charge in [-0.05, 0) is 38.2 Å². The Balaban J connectivity index is 1.99. The minimum Gasteiger partial charge on any atom is -0.306 e. The number of nitrogens with one attached hydrogen (secondary N) is 1. The molecular weight excluding hydrogens is 224 g/mol. The molecule has 4 heteroatoms. The van der Waals surface area contributed by atoms with Gasteiger partial charge in [-0.1, -0.05) is 0 Å². The van der Waals surface area contributed by atoms with Crippen LogP contribution in [0.1, 0.15) is 29.8 Å². The zero-order valence-corrected chi connectivity index (χ0v) is 11.5. The van der Waals surface area contributed by atoms with Crippen LogP contribution in [0.4, 0.5) is 5.95 Å². The molecule has 0 atom stereocenters. The van der Waals surface area contributed by atoms with Crippen molar-refractivity contribution in [3.8, 4) is 0 Å². The fourth-order valence-electron chi connectivity index (χ4n) is 3.10. The Labute approximate surface area is 109 Å². The van der Waals surface area contributed by atoms with Crippen molar-refractivity contribution >= 4 is 5.95 Å². The molecule has 0 unspecified atom stereocenters. The summed E-state index contributed by atoms with van der Waals surface area (Å²) >= 11 is 0. The summed E-state index contributed by atoms with van der Waals surface area (Å²) in [4.78, 5) is 9.72. The number of quaternary nitrogens is 1. The molecule has 2 heterocycles. The molecule has 4 nitrogen and oxygen atoms in total. The van der Waals surface area contributed by atoms with Crippen LogP contribution in [0.2, 0.25) is 0 Å². The summed E-state index contributed by atoms with van der Waals surface area (Å²) in [5, 5.41) is 3.42. The van der Waals surface area contributed by atoms with Gasteiger partial charge in [0.05, 0.1) is 31.5 Å². The van der Waals surface area contributed by atoms with E-state index in [1.807, 2.05) is 0 Å². The van der Waals surface area contributed by atoms with E-state index in [2.05, 4.69) is 19.3 Å². The third kappa shape index (κ3) is 2.04. The van der Waals surface area contributed by atoms with Gasteiger partial charge in [0.2, 0.25) is 0 Å². The van der Waals surface area contributed by atoms with Gasteiger partial charge in [0, 0.05) is 13.1 Å². The highest BCUT2D eigenvalue weighted by atomic mass is 15.4. The number of likely N-dealkylation sites (N-methyl/N-ethyl adjacent to an activating group) is 1. The van der Waals surface area contributed by atoms with Crippen molar-refractivity contribution in [2.45, 2.75) is 32.6 Å². The fourth-order valence-corrected chi connectivity index (χ4v) is 3.10. The molecule has 1 aromatic heterocycles. The number of aryl methyl sites for hydroxylation is 2. The first-order valence-electron chi connectivity index (χ1n) is 7.11. The van der Waals surface area contributed by atoms with Crippen molar-refractivity contribution in [3.63, 3.8) is 0 Å². The number of nitrogens with zero attached hydrogens (tertiary/aromatic N) is 3. The molecule has 0 bridgehead atoms. The monoisotopic (exact) mass is 247 g/mol. The molecule has 1 fully saturated rings. The molecule has 1 aliphatic carbocycles. The van der Waals surface area contributed by atoms with E-state index < -0.39 is 0 Å². The van der Waals surface area contributed by atoms with Gasteiger partial charge < -0.3 is 5.32 Å². The Kier molecular flexibility index (Phi) is 3.08. The lowest BCUT2D eigenvalue weighted by molar-refractivity contribution is 0.273. The van der Waals surface area contributed by atoms with Gasteiger partial charge in [0.1, 0.15) is 0 Å². The highest BCUT2D eigenvalue weighted by Crippen LogP contribution is 2.26. The van der Waals surface area contributed by atoms with Crippen LogP contribution in [0.15, 0.2) is 0 Å². The van der Waals surface area contributed by atoms with Crippen LogP contribution < -0.4 is 9.80 Å². The summed E-state index contributed by atoms with van der Waals surface area (Å²) in [6, 6.07) is 0. The van der Waals surface area contributed by atoms with E-state index in [0.29, 0.717) is 0 Å². The lowest BCUT2D eigenvalue weighted by Gasteiger charge is -2.35. The first kappa shape index (κ1) is 12.1. The van der Waals surface area contributed by atoms with Crippen molar-refractivity contribution in [1.82, 2.24) is 19.8 Å². The quantitative estimate of drug-likeness (QED) is 0.758. The maximum atomic E-state index is 4.90. The van der Waals surface area contributed by atoms with Gasteiger partial charge in [0.15, 0.2) is 0 Å². The van der Waals surface area contributed by atoms with E-state index >= 15 is 0 Å². The molecular formula is C14H23N4+. The second-order valence-corrected chi connectivity index (χ2v) is 5.83. The minimum atomic E-state index is 0.890. The predicted molar refractivity (Wildman–Crippen MR) is 73.7 cm³/mol. The third-order valence-corrected chi connectivity index (χ3v) is 4.43. The predicted octanol–water partition coefficient (Wildman–Crippen LogP) is 1.20. The van der Waals surface area contributed by atoms with Gasteiger partial charge in [-0.15, -0.1) is 0 Å². The number of fused-ring (bicyclic) bond motifs is 1. The molecule has 0 spiro atoms. The van der Waals surface area contributed by atoms with Crippen molar-refractivity contribution < 1.29 is 0 Å². The summed E-state index contributed by atoms with van der Waals surface area (Å²) in [7, 11) is 2.27. The molecule has 1 aliphatic heterocycles. The van der Waals surface area contributed by atoms with Crippen LogP contribution in [0, 0.1) is 6.92 Å². The first-order chi connectivity index (χ1) is 8.69. The topological polar surface area (TPSA) is 37.8 Å². The van der Waals surface area contributed by atoms with Crippen LogP contribution >= 0.6 is 0 Å². The van der Waals surface area contributed by atoms with Gasteiger partial charge in [0.25, 0.3) is 0 Å². The zero-order valence-electron chi connectivity index (χ0n) is 11.5. The molecule has 0 aromatic carbocycles. The second kappa shape index (κ2) is 4.59. The average Bonchev–Trinajstić information content (AvgIpc) is 2.39. The lowest BCUT2D eigenvalue weighted by atomic mass is 9.95. The van der Waals surface area contributed by atoms with Crippen LogP contribution in [0.25, 0.3) is 0 Å². The number of hydrogen-bond donors (Lipinski definition) is 1. The second-order valence-electron chi connectivity index (χ2n) is 5.83. The largest absolute Gasteiger partial charge is 0.329 e. The van der Waals surface area contributed by atoms with E-state index in [4.69, 9.17) is 9.97 Å². The Morgan fingerprint density at radius 3 is 2.56 bits per heavy atom. The molecule has 98 valence electrons. The standard InChI is InChI=1S/C14H23N4/c1-11-12-5-3-4-6-13(12)17-14(16-11)18(2)9-7-15-8-10-18/h15H,3-10H2,1-2H3/q+1. The Hall–Kier alpha value is -1.00. The van der Waals surface area contributed by atoms with Crippen LogP contribution in [-0.4, -0.2) is 43.2 Å². The molecule has 0 radical (unpaired) electrons. The van der Waals surface area contributed by atoms with Gasteiger partial charge in [-0.25, -0.2) is 0 Å². The van der Waals surface area contributed by atoms with Crippen molar-refractivity contribution in [2.24, 2.45) is 0 Å². The van der Waals surface area contributed by atoms with Crippen molar-refractivity contribution in [1.29, 1.82) is 0 Å². The summed E-state index contributed by atoms with van der Waals surface area (Å²) in [5.74, 6) is 1.04. The van der Waals surface area contributed by atoms with Crippen molar-refractivity contribution in [2.75, 3.05) is 33.2 Å². The maximum absolute atomic E-state index is 4.90. The molecule has 18 heavy (non-hydrogen) atoms. The molecule has 2 aliphatic rings. The minimum absolute atomic E-state index is 0.890. The lowest BCUT2D eigenvalue weighted by Crippen LogP contribution is -2.58. The number of hydrogen-bond acceptors (Lipinski definition) is 3. The summed E-state index contributed by atoms with van der Waals surface area (Å²) < 4.78 is 0.890. The molecule has 1 aromatic rings. The van der Waals surface area contributed by atoms with E-state index in [9.17, 15) is 0 Å². The molecule has 1 N–H and O–H groups in total. The highest BCUT2D eigenvalue weighted by molar-refractivity contribution is 5.35. The van der Waals surface area contributed by atoms with Crippen LogP contribution in [0.3, 0.4) is 0 Å². The Morgan fingerprint density at radius 2 is 1.78 bits per heavy atom. The molecule has 1 saturated heterocycles. The van der Waals surface area contributed by atoms with Gasteiger partial charge in [-0.3, -0.25) is 4.48 Å². The van der Waals surface area contributed by atoms with E-state index in [1.54, 1.807) is 0 Å². The van der Waals surface area contributed by atoms with E-state index in [0.717, 1.165) is 43.0 Å². The molecule has 0 amide bonds. The Morgan fingerprint density at radius 1 is 1.06 bits per heavy atom. The van der Waals surface area contributed by atoms with E-state index in [-0.39, 0.29) is 0 Å². The van der Waals surface area contributed by atoms with Gasteiger partial charge in [-0.2, -0.15) is 9.97 Å². The first-order valence-corrected chi connectivity index (χ1v) is 7.11. The molecule has 0 saturated carbocycles. The summed E-state index contributed by atoms with van der Waals surface area (Å²) in [6.45, 7) is 6.48. The maximum Gasteiger partial charge on any atom is 0.329 e. The average molecular weight is 247 g/mol. The zero-order chi connectivity index (χ0) is 12.6. The summed E-state index contributed by atoms with van der Waals surface area (Å²) in [5.41, 5.74) is 3.96.